The Labute approximate surface area is 226 Å². The molecule has 0 spiro atoms. The number of hydrogen-bond donors (Lipinski definition) is 4. The van der Waals surface area contributed by atoms with Crippen molar-refractivity contribution in [3.05, 3.63) is 70.4 Å². The number of anilines is 4. The van der Waals surface area contributed by atoms with E-state index in [2.05, 4.69) is 20.0 Å². The molecule has 4 aromatic rings. The molecule has 0 aliphatic heterocycles. The predicted octanol–water partition coefficient (Wildman–Crippen LogP) is 3.39. The molecular weight excluding hydrogens is 520 g/mol. The quantitative estimate of drug-likeness (QED) is 0.130. The first-order valence-electron chi connectivity index (χ1n) is 12.2. The molecule has 0 atom stereocenters. The van der Waals surface area contributed by atoms with Gasteiger partial charge in [0.1, 0.15) is 11.5 Å². The van der Waals surface area contributed by atoms with Crippen LogP contribution in [0, 0.1) is 10.1 Å². The molecule has 39 heavy (non-hydrogen) atoms. The number of nitrogen functional groups attached to an aromatic ring is 2. The molecule has 0 aliphatic carbocycles. The van der Waals surface area contributed by atoms with E-state index in [-0.39, 0.29) is 41.1 Å². The topological polar surface area (TPSA) is 182 Å². The number of benzene rings is 3. The van der Waals surface area contributed by atoms with Crippen LogP contribution < -0.4 is 26.4 Å². The van der Waals surface area contributed by atoms with Gasteiger partial charge in [-0.1, -0.05) is 37.3 Å². The molecule has 0 aliphatic rings. The summed E-state index contributed by atoms with van der Waals surface area (Å²) in [7, 11) is -0.0582. The second-order valence-corrected chi connectivity index (χ2v) is 10.7. The number of aromatic nitrogens is 2. The average Bonchev–Trinajstić information content (AvgIpc) is 2.89. The fourth-order valence-electron chi connectivity index (χ4n) is 4.45. The van der Waals surface area contributed by atoms with Crippen molar-refractivity contribution < 1.29 is 13.3 Å². The summed E-state index contributed by atoms with van der Waals surface area (Å²) >= 11 is 0. The zero-order valence-electron chi connectivity index (χ0n) is 21.8. The molecule has 0 bridgehead atoms. The molecule has 0 radical (unpaired) electrons. The minimum Gasteiger partial charge on any atom is -0.383 e. The third-order valence-corrected chi connectivity index (χ3v) is 7.73. The SMILES string of the molecule is CCc1nc(N)nc(N)c1-c1ccc(NCCNS(=O)(=O)c2cccc3c(N(C)C)cccc23)c([N+](=O)[O-])c1. The zero-order valence-corrected chi connectivity index (χ0v) is 22.6. The number of nitrogens with zero attached hydrogens (tertiary/aromatic N) is 4. The van der Waals surface area contributed by atoms with Gasteiger partial charge in [0.15, 0.2) is 0 Å². The maximum Gasteiger partial charge on any atom is 0.292 e. The molecule has 4 rings (SSSR count). The van der Waals surface area contributed by atoms with E-state index in [9.17, 15) is 18.5 Å². The van der Waals surface area contributed by atoms with Gasteiger partial charge in [-0.15, -0.1) is 0 Å². The molecule has 0 unspecified atom stereocenters. The third kappa shape index (κ3) is 5.68. The minimum atomic E-state index is -3.85. The lowest BCUT2D eigenvalue weighted by atomic mass is 10.0. The zero-order chi connectivity index (χ0) is 28.3. The van der Waals surface area contributed by atoms with Crippen molar-refractivity contribution in [1.29, 1.82) is 0 Å². The van der Waals surface area contributed by atoms with Crippen molar-refractivity contribution in [2.45, 2.75) is 18.2 Å². The van der Waals surface area contributed by atoms with Gasteiger partial charge in [-0.3, -0.25) is 10.1 Å². The third-order valence-electron chi connectivity index (χ3n) is 6.21. The standard InChI is InChI=1S/C26H30N8O4S/c1-4-19-24(25(27)32-26(28)31-19)16-11-12-20(22(15-16)34(35)36)29-13-14-30-39(37,38)23-10-6-7-17-18(23)8-5-9-21(17)33(2)3/h5-12,15,29-30H,4,13-14H2,1-3H3,(H4,27,28,31,32). The molecule has 204 valence electrons. The van der Waals surface area contributed by atoms with Gasteiger partial charge in [0.2, 0.25) is 16.0 Å². The number of hydrogen-bond acceptors (Lipinski definition) is 10. The van der Waals surface area contributed by atoms with Gasteiger partial charge in [0, 0.05) is 55.3 Å². The van der Waals surface area contributed by atoms with Crippen LogP contribution in [0.3, 0.4) is 0 Å². The fraction of sp³-hybridized carbons (Fsp3) is 0.231. The summed E-state index contributed by atoms with van der Waals surface area (Å²) in [6.45, 7) is 1.99. The number of nitro groups is 1. The molecule has 6 N–H and O–H groups in total. The van der Waals surface area contributed by atoms with Crippen molar-refractivity contribution in [3.63, 3.8) is 0 Å². The van der Waals surface area contributed by atoms with Crippen LogP contribution >= 0.6 is 0 Å². The summed E-state index contributed by atoms with van der Waals surface area (Å²) in [6, 6.07) is 15.2. The number of nitro benzene ring substituents is 1. The van der Waals surface area contributed by atoms with E-state index in [1.54, 1.807) is 30.3 Å². The number of sulfonamides is 1. The van der Waals surface area contributed by atoms with Crippen molar-refractivity contribution >= 4 is 49.6 Å². The van der Waals surface area contributed by atoms with E-state index in [4.69, 9.17) is 11.5 Å². The molecule has 12 nitrogen and oxygen atoms in total. The van der Waals surface area contributed by atoms with E-state index in [0.717, 1.165) is 11.1 Å². The lowest BCUT2D eigenvalue weighted by Crippen LogP contribution is -2.29. The minimum absolute atomic E-state index is 0.00370. The van der Waals surface area contributed by atoms with Crippen molar-refractivity contribution in [3.8, 4) is 11.1 Å². The Bertz CT molecular complexity index is 1660. The molecule has 13 heteroatoms. The Morgan fingerprint density at radius 3 is 2.41 bits per heavy atom. The first kappa shape index (κ1) is 27.5. The number of fused-ring (bicyclic) bond motifs is 1. The lowest BCUT2D eigenvalue weighted by Gasteiger charge is -2.17. The Hall–Kier alpha value is -4.49. The Morgan fingerprint density at radius 1 is 1.00 bits per heavy atom. The molecule has 0 amide bonds. The van der Waals surface area contributed by atoms with Crippen LogP contribution in [0.5, 0.6) is 0 Å². The summed E-state index contributed by atoms with van der Waals surface area (Å²) < 4.78 is 28.9. The van der Waals surface area contributed by atoms with Gasteiger partial charge >= 0.3 is 0 Å². The van der Waals surface area contributed by atoms with Crippen LogP contribution in [0.4, 0.5) is 28.8 Å². The summed E-state index contributed by atoms with van der Waals surface area (Å²) in [6.07, 6.45) is 0.507. The van der Waals surface area contributed by atoms with Gasteiger partial charge in [0.25, 0.3) is 5.69 Å². The molecule has 1 aromatic heterocycles. The highest BCUT2D eigenvalue weighted by atomic mass is 32.2. The van der Waals surface area contributed by atoms with Crippen LogP contribution in [0.25, 0.3) is 21.9 Å². The van der Waals surface area contributed by atoms with Crippen LogP contribution in [0.15, 0.2) is 59.5 Å². The molecule has 3 aromatic carbocycles. The second-order valence-electron chi connectivity index (χ2n) is 8.98. The molecular formula is C26H30N8O4S. The van der Waals surface area contributed by atoms with E-state index < -0.39 is 14.9 Å². The van der Waals surface area contributed by atoms with Crippen LogP contribution in [-0.4, -0.2) is 50.5 Å². The number of aryl methyl sites for hydroxylation is 1. The largest absolute Gasteiger partial charge is 0.383 e. The first-order valence-corrected chi connectivity index (χ1v) is 13.6. The highest BCUT2D eigenvalue weighted by molar-refractivity contribution is 7.89. The Balaban J connectivity index is 1.52. The van der Waals surface area contributed by atoms with E-state index in [1.807, 2.05) is 44.1 Å². The maximum atomic E-state index is 13.1. The molecule has 0 saturated carbocycles. The van der Waals surface area contributed by atoms with Crippen molar-refractivity contribution in [2.24, 2.45) is 0 Å². The highest BCUT2D eigenvalue weighted by Crippen LogP contribution is 2.35. The van der Waals surface area contributed by atoms with Crippen LogP contribution in [-0.2, 0) is 16.4 Å². The predicted molar refractivity (Wildman–Crippen MR) is 154 cm³/mol. The highest BCUT2D eigenvalue weighted by Gasteiger charge is 2.21. The fourth-order valence-corrected chi connectivity index (χ4v) is 5.71. The van der Waals surface area contributed by atoms with Crippen LogP contribution in [0.1, 0.15) is 12.6 Å². The van der Waals surface area contributed by atoms with Gasteiger partial charge in [0.05, 0.1) is 15.5 Å². The number of nitrogens with one attached hydrogen (secondary N) is 2. The van der Waals surface area contributed by atoms with Crippen LogP contribution in [0.2, 0.25) is 0 Å². The summed E-state index contributed by atoms with van der Waals surface area (Å²) in [4.78, 5) is 21.6. The second kappa shape index (κ2) is 11.1. The Kier molecular flexibility index (Phi) is 7.83. The summed E-state index contributed by atoms with van der Waals surface area (Å²) in [5.41, 5.74) is 14.2. The normalized spacial score (nSPS) is 11.5. The molecule has 1 heterocycles. The van der Waals surface area contributed by atoms with E-state index >= 15 is 0 Å². The van der Waals surface area contributed by atoms with Gasteiger partial charge < -0.3 is 21.7 Å². The number of nitrogens with two attached hydrogens (primary N) is 2. The Morgan fingerprint density at radius 2 is 1.72 bits per heavy atom. The van der Waals surface area contributed by atoms with Crippen molar-refractivity contribution in [2.75, 3.05) is 48.9 Å². The molecule has 0 saturated heterocycles. The smallest absolute Gasteiger partial charge is 0.292 e. The number of rotatable bonds is 10. The first-order chi connectivity index (χ1) is 18.5. The lowest BCUT2D eigenvalue weighted by molar-refractivity contribution is -0.383. The monoisotopic (exact) mass is 550 g/mol. The van der Waals surface area contributed by atoms with E-state index in [1.165, 1.54) is 6.07 Å². The van der Waals surface area contributed by atoms with Gasteiger partial charge in [-0.25, -0.2) is 18.1 Å². The van der Waals surface area contributed by atoms with Gasteiger partial charge in [-0.05, 0) is 30.2 Å². The maximum absolute atomic E-state index is 13.1. The summed E-state index contributed by atoms with van der Waals surface area (Å²) in [5, 5.41) is 16.2. The molecule has 0 fully saturated rings. The van der Waals surface area contributed by atoms with E-state index in [0.29, 0.717) is 28.6 Å². The summed E-state index contributed by atoms with van der Waals surface area (Å²) in [5.74, 6) is 0.167. The average molecular weight is 551 g/mol. The van der Waals surface area contributed by atoms with Gasteiger partial charge in [-0.2, -0.15) is 4.98 Å². The van der Waals surface area contributed by atoms with Crippen molar-refractivity contribution in [1.82, 2.24) is 14.7 Å².